The van der Waals surface area contributed by atoms with Gasteiger partial charge in [0.15, 0.2) is 0 Å². The van der Waals surface area contributed by atoms with Gasteiger partial charge in [-0.25, -0.2) is 4.79 Å². The van der Waals surface area contributed by atoms with Crippen LogP contribution >= 0.6 is 22.6 Å². The molecule has 5 nitrogen and oxygen atoms in total. The fourth-order valence-electron chi connectivity index (χ4n) is 2.10. The van der Waals surface area contributed by atoms with Crippen LogP contribution in [-0.2, 0) is 9.53 Å². The van der Waals surface area contributed by atoms with Crippen LogP contribution < -0.4 is 10.2 Å². The predicted molar refractivity (Wildman–Crippen MR) is 108 cm³/mol. The second kappa shape index (κ2) is 8.33. The van der Waals surface area contributed by atoms with Gasteiger partial charge in [0.1, 0.15) is 12.1 Å². The Morgan fingerprint density at radius 1 is 1.08 bits per heavy atom. The fraction of sp³-hybridized carbons (Fsp3) is 0.263. The fourth-order valence-corrected chi connectivity index (χ4v) is 2.64. The van der Waals surface area contributed by atoms with Gasteiger partial charge in [-0.3, -0.25) is 9.69 Å². The van der Waals surface area contributed by atoms with E-state index in [4.69, 9.17) is 4.74 Å². The average molecular weight is 452 g/mol. The first kappa shape index (κ1) is 19.2. The van der Waals surface area contributed by atoms with E-state index in [9.17, 15) is 9.59 Å². The minimum Gasteiger partial charge on any atom is -0.443 e. The van der Waals surface area contributed by atoms with Crippen molar-refractivity contribution in [2.45, 2.75) is 26.4 Å². The zero-order valence-corrected chi connectivity index (χ0v) is 16.6. The third kappa shape index (κ3) is 6.38. The molecule has 2 aromatic rings. The van der Waals surface area contributed by atoms with Gasteiger partial charge in [0.2, 0.25) is 5.91 Å². The molecule has 0 spiro atoms. The highest BCUT2D eigenvalue weighted by atomic mass is 127. The third-order valence-electron chi connectivity index (χ3n) is 3.09. The lowest BCUT2D eigenvalue weighted by Crippen LogP contribution is -2.41. The van der Waals surface area contributed by atoms with Crippen LogP contribution in [-0.4, -0.2) is 24.1 Å². The molecule has 0 aliphatic carbocycles. The normalized spacial score (nSPS) is 10.9. The van der Waals surface area contributed by atoms with E-state index in [2.05, 4.69) is 27.9 Å². The van der Waals surface area contributed by atoms with Crippen LogP contribution in [0.15, 0.2) is 54.6 Å². The summed E-state index contributed by atoms with van der Waals surface area (Å²) in [4.78, 5) is 26.3. The number of amides is 2. The smallest absolute Gasteiger partial charge is 0.415 e. The van der Waals surface area contributed by atoms with Crippen molar-refractivity contribution in [2.75, 3.05) is 16.8 Å². The second-order valence-corrected chi connectivity index (χ2v) is 7.71. The van der Waals surface area contributed by atoms with Crippen molar-refractivity contribution in [2.24, 2.45) is 0 Å². The van der Waals surface area contributed by atoms with Gasteiger partial charge < -0.3 is 10.1 Å². The summed E-state index contributed by atoms with van der Waals surface area (Å²) in [6.07, 6.45) is -0.559. The molecular formula is C19H21IN2O3. The standard InChI is InChI=1S/C19H21IN2O3/c1-19(2,3)25-18(24)22(16-10-5-4-6-11-16)13-17(23)21-15-9-7-8-14(20)12-15/h4-12H,13H2,1-3H3,(H,21,23). The van der Waals surface area contributed by atoms with Crippen molar-refractivity contribution in [3.05, 3.63) is 58.2 Å². The van der Waals surface area contributed by atoms with Crippen molar-refractivity contribution in [1.29, 1.82) is 0 Å². The molecule has 0 unspecified atom stereocenters. The van der Waals surface area contributed by atoms with Gasteiger partial charge >= 0.3 is 6.09 Å². The molecule has 0 heterocycles. The van der Waals surface area contributed by atoms with E-state index < -0.39 is 11.7 Å². The van der Waals surface area contributed by atoms with Crippen molar-refractivity contribution in [3.8, 4) is 0 Å². The van der Waals surface area contributed by atoms with E-state index in [1.807, 2.05) is 36.4 Å². The SMILES string of the molecule is CC(C)(C)OC(=O)N(CC(=O)Nc1cccc(I)c1)c1ccccc1. The molecule has 2 aromatic carbocycles. The molecule has 25 heavy (non-hydrogen) atoms. The van der Waals surface area contributed by atoms with Gasteiger partial charge in [0.05, 0.1) is 0 Å². The highest BCUT2D eigenvalue weighted by Gasteiger charge is 2.25. The number of hydrogen-bond donors (Lipinski definition) is 1. The number of para-hydroxylation sites is 1. The van der Waals surface area contributed by atoms with E-state index in [1.54, 1.807) is 39.0 Å². The van der Waals surface area contributed by atoms with Gasteiger partial charge in [0.25, 0.3) is 0 Å². The molecule has 0 saturated heterocycles. The maximum absolute atomic E-state index is 12.5. The van der Waals surface area contributed by atoms with Crippen molar-refractivity contribution in [3.63, 3.8) is 0 Å². The van der Waals surface area contributed by atoms with Crippen LogP contribution in [0.3, 0.4) is 0 Å². The molecule has 1 N–H and O–H groups in total. The maximum atomic E-state index is 12.5. The molecule has 6 heteroatoms. The third-order valence-corrected chi connectivity index (χ3v) is 3.76. The van der Waals surface area contributed by atoms with Gasteiger partial charge in [-0.15, -0.1) is 0 Å². The van der Waals surface area contributed by atoms with Crippen LogP contribution in [0, 0.1) is 3.57 Å². The lowest BCUT2D eigenvalue weighted by molar-refractivity contribution is -0.115. The first-order valence-corrected chi connectivity index (χ1v) is 8.93. The molecule has 0 radical (unpaired) electrons. The Labute approximate surface area is 161 Å². The monoisotopic (exact) mass is 452 g/mol. The summed E-state index contributed by atoms with van der Waals surface area (Å²) >= 11 is 2.18. The molecule has 0 aliphatic rings. The topological polar surface area (TPSA) is 58.6 Å². The number of carbonyl (C=O) groups is 2. The maximum Gasteiger partial charge on any atom is 0.415 e. The summed E-state index contributed by atoms with van der Waals surface area (Å²) < 4.78 is 6.45. The summed E-state index contributed by atoms with van der Waals surface area (Å²) in [6, 6.07) is 16.5. The largest absolute Gasteiger partial charge is 0.443 e. The summed E-state index contributed by atoms with van der Waals surface area (Å²) in [6.45, 7) is 5.24. The highest BCUT2D eigenvalue weighted by molar-refractivity contribution is 14.1. The van der Waals surface area contributed by atoms with E-state index in [-0.39, 0.29) is 12.5 Å². The molecule has 0 bridgehead atoms. The minimum absolute atomic E-state index is 0.135. The Balaban J connectivity index is 2.15. The first-order valence-electron chi connectivity index (χ1n) is 7.85. The first-order chi connectivity index (χ1) is 11.7. The Hall–Kier alpha value is -2.09. The second-order valence-electron chi connectivity index (χ2n) is 6.46. The Morgan fingerprint density at radius 2 is 1.76 bits per heavy atom. The zero-order chi connectivity index (χ0) is 18.4. The molecule has 0 atom stereocenters. The Kier molecular flexibility index (Phi) is 6.41. The number of halogens is 1. The molecular weight excluding hydrogens is 431 g/mol. The molecule has 0 fully saturated rings. The summed E-state index contributed by atoms with van der Waals surface area (Å²) in [5, 5.41) is 2.81. The summed E-state index contributed by atoms with van der Waals surface area (Å²) in [5.74, 6) is -0.295. The average Bonchev–Trinajstić information content (AvgIpc) is 2.51. The van der Waals surface area contributed by atoms with Crippen LogP contribution in [0.2, 0.25) is 0 Å². The molecule has 2 amide bonds. The minimum atomic E-state index is -0.643. The van der Waals surface area contributed by atoms with Gasteiger partial charge in [-0.2, -0.15) is 0 Å². The highest BCUT2D eigenvalue weighted by Crippen LogP contribution is 2.18. The van der Waals surface area contributed by atoms with Gasteiger partial charge in [-0.05, 0) is 73.7 Å². The molecule has 2 rings (SSSR count). The molecule has 132 valence electrons. The number of nitrogens with zero attached hydrogens (tertiary/aromatic N) is 1. The number of rotatable bonds is 4. The van der Waals surface area contributed by atoms with Crippen LogP contribution in [0.1, 0.15) is 20.8 Å². The zero-order valence-electron chi connectivity index (χ0n) is 14.5. The van der Waals surface area contributed by atoms with E-state index in [1.165, 1.54) is 4.90 Å². The Morgan fingerprint density at radius 3 is 2.36 bits per heavy atom. The lowest BCUT2D eigenvalue weighted by Gasteiger charge is -2.27. The van der Waals surface area contributed by atoms with Crippen LogP contribution in [0.25, 0.3) is 0 Å². The Bertz CT molecular complexity index is 742. The van der Waals surface area contributed by atoms with E-state index in [0.29, 0.717) is 11.4 Å². The van der Waals surface area contributed by atoms with E-state index in [0.717, 1.165) is 3.57 Å². The van der Waals surface area contributed by atoms with E-state index >= 15 is 0 Å². The number of ether oxygens (including phenoxy) is 1. The quantitative estimate of drug-likeness (QED) is 0.686. The number of benzene rings is 2. The van der Waals surface area contributed by atoms with Crippen LogP contribution in [0.4, 0.5) is 16.2 Å². The number of anilines is 2. The summed E-state index contributed by atoms with van der Waals surface area (Å²) in [7, 11) is 0. The molecule has 0 aromatic heterocycles. The van der Waals surface area contributed by atoms with Crippen molar-refractivity contribution < 1.29 is 14.3 Å². The van der Waals surface area contributed by atoms with Crippen molar-refractivity contribution in [1.82, 2.24) is 0 Å². The number of nitrogens with one attached hydrogen (secondary N) is 1. The number of carbonyl (C=O) groups excluding carboxylic acids is 2. The molecule has 0 aliphatic heterocycles. The molecule has 0 saturated carbocycles. The van der Waals surface area contributed by atoms with Crippen molar-refractivity contribution >= 4 is 46.0 Å². The predicted octanol–water partition coefficient (Wildman–Crippen LogP) is 4.67. The lowest BCUT2D eigenvalue weighted by atomic mass is 10.2. The number of hydrogen-bond acceptors (Lipinski definition) is 3. The van der Waals surface area contributed by atoms with Gasteiger partial charge in [-0.1, -0.05) is 24.3 Å². The van der Waals surface area contributed by atoms with Gasteiger partial charge in [0, 0.05) is 14.9 Å². The van der Waals surface area contributed by atoms with Crippen LogP contribution in [0.5, 0.6) is 0 Å². The summed E-state index contributed by atoms with van der Waals surface area (Å²) in [5.41, 5.74) is 0.652.